The van der Waals surface area contributed by atoms with Gasteiger partial charge < -0.3 is 39.6 Å². The summed E-state index contributed by atoms with van der Waals surface area (Å²) in [6, 6.07) is 7.94. The van der Waals surface area contributed by atoms with E-state index in [1.54, 1.807) is 0 Å². The Hall–Kier alpha value is -1.18. The highest BCUT2D eigenvalue weighted by Gasteiger charge is 2.18. The van der Waals surface area contributed by atoms with E-state index in [9.17, 15) is 0 Å². The van der Waals surface area contributed by atoms with Gasteiger partial charge in [0, 0.05) is 74.7 Å². The van der Waals surface area contributed by atoms with Crippen molar-refractivity contribution < 1.29 is 38.5 Å². The molecule has 3 heterocycles. The van der Waals surface area contributed by atoms with Crippen LogP contribution in [0.2, 0.25) is 5.02 Å². The van der Waals surface area contributed by atoms with Crippen molar-refractivity contribution >= 4 is 43.8 Å². The number of nitrogens with one attached hydrogen (secondary N) is 1. The molecule has 0 bridgehead atoms. The van der Waals surface area contributed by atoms with Gasteiger partial charge >= 0.3 is 15.6 Å². The fourth-order valence-electron chi connectivity index (χ4n) is 4.15. The van der Waals surface area contributed by atoms with E-state index in [-0.39, 0.29) is 0 Å². The molecule has 7 N–H and O–H groups in total. The summed E-state index contributed by atoms with van der Waals surface area (Å²) in [5.41, 5.74) is 2.08. The molecule has 2 aliphatic rings. The van der Waals surface area contributed by atoms with Crippen LogP contribution in [0.5, 0.6) is 0 Å². The van der Waals surface area contributed by atoms with Gasteiger partial charge in [-0.2, -0.15) is 0 Å². The first-order chi connectivity index (χ1) is 17.3. The summed E-state index contributed by atoms with van der Waals surface area (Å²) in [5, 5.41) is 5.45. The molecule has 0 spiro atoms. The van der Waals surface area contributed by atoms with Crippen LogP contribution in [0.25, 0.3) is 10.9 Å². The summed E-state index contributed by atoms with van der Waals surface area (Å²) >= 11 is 6.07. The second kappa shape index (κ2) is 15.4. The first-order valence-corrected chi connectivity index (χ1v) is 15.3. The smallest absolute Gasteiger partial charge is 0.383 e. The summed E-state index contributed by atoms with van der Waals surface area (Å²) in [7, 11) is -9.28. The molecule has 2 saturated heterocycles. The van der Waals surface area contributed by atoms with E-state index >= 15 is 0 Å². The molecule has 0 amide bonds. The van der Waals surface area contributed by atoms with Gasteiger partial charge in [-0.15, -0.1) is 0 Å². The Kier molecular flexibility index (Phi) is 13.4. The average molecular weight is 584 g/mol. The van der Waals surface area contributed by atoms with E-state index in [1.807, 2.05) is 30.5 Å². The molecule has 2 fully saturated rings. The van der Waals surface area contributed by atoms with Gasteiger partial charge in [0.2, 0.25) is 0 Å². The maximum atomic E-state index is 8.88. The molecule has 13 nitrogen and oxygen atoms in total. The topological polar surface area (TPSA) is 190 Å². The molecule has 4 rings (SSSR count). The van der Waals surface area contributed by atoms with E-state index in [4.69, 9.17) is 50.1 Å². The number of piperazine rings is 1. The number of hydrogen-bond donors (Lipinski definition) is 7. The van der Waals surface area contributed by atoms with Gasteiger partial charge in [-0.1, -0.05) is 11.6 Å². The minimum absolute atomic E-state index is 0.731. The Morgan fingerprint density at radius 2 is 1.27 bits per heavy atom. The minimum Gasteiger partial charge on any atom is -0.383 e. The van der Waals surface area contributed by atoms with Crippen molar-refractivity contribution in [3.63, 3.8) is 0 Å². The summed E-state index contributed by atoms with van der Waals surface area (Å²) < 4.78 is 17.8. The van der Waals surface area contributed by atoms with Crippen LogP contribution >= 0.6 is 27.2 Å². The van der Waals surface area contributed by atoms with Gasteiger partial charge in [0.15, 0.2) is 0 Å². The van der Waals surface area contributed by atoms with E-state index in [0.29, 0.717) is 0 Å². The number of likely N-dealkylation sites (tertiary alicyclic amines) is 1. The number of aromatic nitrogens is 1. The number of pyridine rings is 1. The Morgan fingerprint density at radius 1 is 0.784 bits per heavy atom. The molecule has 210 valence electrons. The van der Waals surface area contributed by atoms with Gasteiger partial charge in [0.25, 0.3) is 0 Å². The van der Waals surface area contributed by atoms with Crippen LogP contribution < -0.4 is 5.32 Å². The Bertz CT molecular complexity index is 1020. The molecular weight excluding hydrogens is 548 g/mol. The number of hydrogen-bond acceptors (Lipinski definition) is 7. The summed E-state index contributed by atoms with van der Waals surface area (Å²) in [6.45, 7) is 11.9. The standard InChI is InChI=1S/C21H30ClN5.2H3O4P/c22-18-3-4-19-20(5-6-23-21(19)17-18)24-7-10-26-12-15-27(16-13-26)14-11-25-8-1-2-9-25;2*1-5(2,3)4/h3-6,17H,1-2,7-16H2,(H,23,24);2*(H3,1,2,3,4). The van der Waals surface area contributed by atoms with Crippen LogP contribution in [0.4, 0.5) is 5.69 Å². The lowest BCUT2D eigenvalue weighted by atomic mass is 10.2. The molecule has 0 aliphatic carbocycles. The number of benzene rings is 1. The van der Waals surface area contributed by atoms with Gasteiger partial charge in [0.05, 0.1) is 5.52 Å². The van der Waals surface area contributed by atoms with Crippen molar-refractivity contribution in [2.24, 2.45) is 0 Å². The third kappa shape index (κ3) is 15.1. The van der Waals surface area contributed by atoms with Gasteiger partial charge in [-0.05, 0) is 50.2 Å². The molecule has 0 radical (unpaired) electrons. The lowest BCUT2D eigenvalue weighted by molar-refractivity contribution is 0.125. The van der Waals surface area contributed by atoms with Crippen LogP contribution in [0.3, 0.4) is 0 Å². The number of phosphoric acid groups is 2. The Balaban J connectivity index is 0.000000412. The van der Waals surface area contributed by atoms with Gasteiger partial charge in [-0.3, -0.25) is 14.8 Å². The first-order valence-electron chi connectivity index (χ1n) is 11.8. The SMILES string of the molecule is Clc1ccc2c(NCCN3CCN(CCN4CCCC4)CC3)ccnc2c1.O=P(O)(O)O.O=P(O)(O)O. The highest BCUT2D eigenvalue weighted by molar-refractivity contribution is 7.45. The highest BCUT2D eigenvalue weighted by atomic mass is 35.5. The van der Waals surface area contributed by atoms with E-state index < -0.39 is 15.6 Å². The molecule has 2 aliphatic heterocycles. The number of nitrogens with zero attached hydrogens (tertiary/aromatic N) is 4. The van der Waals surface area contributed by atoms with Crippen molar-refractivity contribution in [2.45, 2.75) is 12.8 Å². The predicted octanol–water partition coefficient (Wildman–Crippen LogP) is 1.16. The van der Waals surface area contributed by atoms with Crippen LogP contribution in [0, 0.1) is 0 Å². The average Bonchev–Trinajstić information content (AvgIpc) is 3.30. The lowest BCUT2D eigenvalue weighted by Gasteiger charge is -2.35. The molecule has 0 saturated carbocycles. The third-order valence-electron chi connectivity index (χ3n) is 5.84. The first kappa shape index (κ1) is 32.0. The second-order valence-corrected chi connectivity index (χ2v) is 11.2. The minimum atomic E-state index is -4.64. The molecule has 37 heavy (non-hydrogen) atoms. The van der Waals surface area contributed by atoms with E-state index in [0.717, 1.165) is 34.7 Å². The van der Waals surface area contributed by atoms with Crippen LogP contribution in [-0.2, 0) is 9.13 Å². The fourth-order valence-corrected chi connectivity index (χ4v) is 4.32. The molecule has 1 aromatic heterocycles. The molecule has 0 unspecified atom stereocenters. The number of fused-ring (bicyclic) bond motifs is 1. The van der Waals surface area contributed by atoms with Crippen molar-refractivity contribution in [2.75, 3.05) is 70.8 Å². The summed E-state index contributed by atoms with van der Waals surface area (Å²) in [6.07, 6.45) is 4.63. The third-order valence-corrected chi connectivity index (χ3v) is 6.08. The lowest BCUT2D eigenvalue weighted by Crippen LogP contribution is -2.49. The van der Waals surface area contributed by atoms with Crippen molar-refractivity contribution in [3.05, 3.63) is 35.5 Å². The maximum absolute atomic E-state index is 8.88. The largest absolute Gasteiger partial charge is 0.466 e. The zero-order chi connectivity index (χ0) is 27.5. The van der Waals surface area contributed by atoms with Crippen molar-refractivity contribution in [3.8, 4) is 0 Å². The zero-order valence-corrected chi connectivity index (χ0v) is 23.0. The molecule has 0 atom stereocenters. The summed E-state index contributed by atoms with van der Waals surface area (Å²) in [4.78, 5) is 55.3. The normalized spacial score (nSPS) is 17.6. The number of rotatable bonds is 7. The fraction of sp³-hybridized carbons (Fsp3) is 0.571. The molecule has 1 aromatic carbocycles. The van der Waals surface area contributed by atoms with E-state index in [2.05, 4.69) is 25.0 Å². The molecule has 16 heteroatoms. The van der Waals surface area contributed by atoms with E-state index in [1.165, 1.54) is 65.2 Å². The van der Waals surface area contributed by atoms with Crippen LogP contribution in [0.1, 0.15) is 12.8 Å². The predicted molar refractivity (Wildman–Crippen MR) is 142 cm³/mol. The van der Waals surface area contributed by atoms with Crippen molar-refractivity contribution in [1.29, 1.82) is 0 Å². The Labute approximate surface area is 221 Å². The quantitative estimate of drug-likeness (QED) is 0.230. The molecule has 2 aromatic rings. The zero-order valence-electron chi connectivity index (χ0n) is 20.4. The number of anilines is 1. The van der Waals surface area contributed by atoms with Crippen molar-refractivity contribution in [1.82, 2.24) is 19.7 Å². The maximum Gasteiger partial charge on any atom is 0.466 e. The van der Waals surface area contributed by atoms with Gasteiger partial charge in [0.1, 0.15) is 0 Å². The summed E-state index contributed by atoms with van der Waals surface area (Å²) in [5.74, 6) is 0. The Morgan fingerprint density at radius 3 is 1.81 bits per heavy atom. The highest BCUT2D eigenvalue weighted by Crippen LogP contribution is 2.26. The van der Waals surface area contributed by atoms with Gasteiger partial charge in [-0.25, -0.2) is 9.13 Å². The monoisotopic (exact) mass is 583 g/mol. The molecular formula is C21H36ClN5O8P2. The number of halogens is 1. The second-order valence-electron chi connectivity index (χ2n) is 8.71. The van der Waals surface area contributed by atoms with Crippen LogP contribution in [-0.4, -0.2) is 114 Å². The van der Waals surface area contributed by atoms with Crippen LogP contribution in [0.15, 0.2) is 30.5 Å².